The predicted molar refractivity (Wildman–Crippen MR) is 54.4 cm³/mol. The van der Waals surface area contributed by atoms with Gasteiger partial charge in [0.1, 0.15) is 0 Å². The predicted octanol–water partition coefficient (Wildman–Crippen LogP) is 1.35. The van der Waals surface area contributed by atoms with Crippen molar-refractivity contribution in [2.24, 2.45) is 0 Å². The minimum absolute atomic E-state index is 0.748. The lowest BCUT2D eigenvalue weighted by molar-refractivity contribution is 0.811. The van der Waals surface area contributed by atoms with Crippen molar-refractivity contribution in [2.75, 3.05) is 13.1 Å². The summed E-state index contributed by atoms with van der Waals surface area (Å²) >= 11 is 0. The van der Waals surface area contributed by atoms with Gasteiger partial charge in [-0.3, -0.25) is 4.98 Å². The van der Waals surface area contributed by atoms with Crippen LogP contribution in [0.15, 0.2) is 18.3 Å². The van der Waals surface area contributed by atoms with E-state index in [0.717, 1.165) is 24.3 Å². The minimum Gasteiger partial charge on any atom is -0.306 e. The SMILES string of the molecule is CCNCC#Cc1ccnc(C)c1. The zero-order valence-electron chi connectivity index (χ0n) is 8.09. The molecule has 0 aliphatic rings. The van der Waals surface area contributed by atoms with Crippen LogP contribution in [0.1, 0.15) is 18.2 Å². The average molecular weight is 174 g/mol. The summed E-state index contributed by atoms with van der Waals surface area (Å²) in [6.45, 7) is 5.75. The molecular weight excluding hydrogens is 160 g/mol. The highest BCUT2D eigenvalue weighted by Crippen LogP contribution is 1.97. The van der Waals surface area contributed by atoms with Crippen molar-refractivity contribution >= 4 is 0 Å². The number of rotatable bonds is 2. The first-order valence-electron chi connectivity index (χ1n) is 4.45. The highest BCUT2D eigenvalue weighted by molar-refractivity contribution is 5.34. The summed E-state index contributed by atoms with van der Waals surface area (Å²) < 4.78 is 0. The first-order valence-corrected chi connectivity index (χ1v) is 4.45. The number of hydrogen-bond donors (Lipinski definition) is 1. The van der Waals surface area contributed by atoms with E-state index in [0.29, 0.717) is 0 Å². The third-order valence-corrected chi connectivity index (χ3v) is 1.59. The first-order chi connectivity index (χ1) is 6.33. The van der Waals surface area contributed by atoms with Crippen LogP contribution in [0.2, 0.25) is 0 Å². The van der Waals surface area contributed by atoms with Crippen molar-refractivity contribution in [3.05, 3.63) is 29.6 Å². The molecule has 1 aromatic rings. The molecule has 2 heteroatoms. The maximum absolute atomic E-state index is 4.10. The largest absolute Gasteiger partial charge is 0.306 e. The molecule has 1 rings (SSSR count). The van der Waals surface area contributed by atoms with Gasteiger partial charge in [0.2, 0.25) is 0 Å². The molecule has 0 spiro atoms. The van der Waals surface area contributed by atoms with Crippen LogP contribution in [0.5, 0.6) is 0 Å². The lowest BCUT2D eigenvalue weighted by atomic mass is 10.2. The molecule has 0 aliphatic carbocycles. The number of hydrogen-bond acceptors (Lipinski definition) is 2. The zero-order chi connectivity index (χ0) is 9.52. The third kappa shape index (κ3) is 3.73. The van der Waals surface area contributed by atoms with Crippen molar-refractivity contribution in [3.8, 4) is 11.8 Å². The molecule has 0 aromatic carbocycles. The highest BCUT2D eigenvalue weighted by Gasteiger charge is 1.86. The van der Waals surface area contributed by atoms with E-state index in [-0.39, 0.29) is 0 Å². The number of nitrogens with zero attached hydrogens (tertiary/aromatic N) is 1. The standard InChI is InChI=1S/C11H14N2/c1-3-12-7-4-5-11-6-8-13-10(2)9-11/h6,8-9,12H,3,7H2,1-2H3. The number of nitrogens with one attached hydrogen (secondary N) is 1. The molecule has 0 fully saturated rings. The van der Waals surface area contributed by atoms with Crippen molar-refractivity contribution in [3.63, 3.8) is 0 Å². The summed E-state index contributed by atoms with van der Waals surface area (Å²) in [4.78, 5) is 4.10. The summed E-state index contributed by atoms with van der Waals surface area (Å²) in [5, 5.41) is 3.14. The van der Waals surface area contributed by atoms with Gasteiger partial charge in [0.15, 0.2) is 0 Å². The molecule has 0 unspecified atom stereocenters. The molecule has 13 heavy (non-hydrogen) atoms. The van der Waals surface area contributed by atoms with Gasteiger partial charge in [-0.1, -0.05) is 18.8 Å². The molecule has 0 aliphatic heterocycles. The van der Waals surface area contributed by atoms with Gasteiger partial charge >= 0.3 is 0 Å². The molecule has 1 N–H and O–H groups in total. The van der Waals surface area contributed by atoms with E-state index >= 15 is 0 Å². The van der Waals surface area contributed by atoms with Crippen LogP contribution in [0.25, 0.3) is 0 Å². The lowest BCUT2D eigenvalue weighted by Gasteiger charge is -1.92. The van der Waals surface area contributed by atoms with Crippen LogP contribution in [0.4, 0.5) is 0 Å². The molecule has 1 heterocycles. The molecule has 2 nitrogen and oxygen atoms in total. The van der Waals surface area contributed by atoms with E-state index in [4.69, 9.17) is 0 Å². The fourth-order valence-electron chi connectivity index (χ4n) is 0.957. The second-order valence-electron chi connectivity index (χ2n) is 2.77. The fraction of sp³-hybridized carbons (Fsp3) is 0.364. The normalized spacial score (nSPS) is 9.08. The van der Waals surface area contributed by atoms with Crippen LogP contribution in [-0.2, 0) is 0 Å². The quantitative estimate of drug-likeness (QED) is 0.541. The summed E-state index contributed by atoms with van der Waals surface area (Å²) in [6, 6.07) is 3.91. The van der Waals surface area contributed by atoms with E-state index < -0.39 is 0 Å². The monoisotopic (exact) mass is 174 g/mol. The number of aromatic nitrogens is 1. The Hall–Kier alpha value is -1.33. The smallest absolute Gasteiger partial charge is 0.0580 e. The molecule has 0 saturated heterocycles. The van der Waals surface area contributed by atoms with Crippen molar-refractivity contribution in [1.82, 2.24) is 10.3 Å². The van der Waals surface area contributed by atoms with Gasteiger partial charge in [0, 0.05) is 17.5 Å². The van der Waals surface area contributed by atoms with Gasteiger partial charge in [-0.25, -0.2) is 0 Å². The number of aryl methyl sites for hydroxylation is 1. The Kier molecular flexibility index (Phi) is 4.01. The first kappa shape index (κ1) is 9.76. The van der Waals surface area contributed by atoms with Gasteiger partial charge in [-0.15, -0.1) is 0 Å². The Balaban J connectivity index is 2.56. The van der Waals surface area contributed by atoms with Gasteiger partial charge in [-0.2, -0.15) is 0 Å². The summed E-state index contributed by atoms with van der Waals surface area (Å²) in [5.74, 6) is 6.11. The topological polar surface area (TPSA) is 24.9 Å². The van der Waals surface area contributed by atoms with Crippen LogP contribution in [0, 0.1) is 18.8 Å². The maximum atomic E-state index is 4.10. The molecule has 0 atom stereocenters. The molecule has 0 saturated carbocycles. The Morgan fingerprint density at radius 2 is 2.38 bits per heavy atom. The fourth-order valence-corrected chi connectivity index (χ4v) is 0.957. The van der Waals surface area contributed by atoms with Gasteiger partial charge in [0.05, 0.1) is 6.54 Å². The molecule has 1 aromatic heterocycles. The Morgan fingerprint density at radius 1 is 1.54 bits per heavy atom. The van der Waals surface area contributed by atoms with Crippen LogP contribution in [-0.4, -0.2) is 18.1 Å². The Labute approximate surface area is 79.4 Å². The average Bonchev–Trinajstić information content (AvgIpc) is 2.13. The second kappa shape index (κ2) is 5.34. The van der Waals surface area contributed by atoms with Crippen molar-refractivity contribution < 1.29 is 0 Å². The zero-order valence-corrected chi connectivity index (χ0v) is 8.09. The molecule has 0 radical (unpaired) electrons. The van der Waals surface area contributed by atoms with Crippen LogP contribution < -0.4 is 5.32 Å². The Morgan fingerprint density at radius 3 is 3.08 bits per heavy atom. The molecule has 68 valence electrons. The third-order valence-electron chi connectivity index (χ3n) is 1.59. The lowest BCUT2D eigenvalue weighted by Crippen LogP contribution is -2.11. The Bertz CT molecular complexity index is 320. The van der Waals surface area contributed by atoms with E-state index in [1.54, 1.807) is 6.20 Å². The summed E-state index contributed by atoms with van der Waals surface area (Å²) in [7, 11) is 0. The second-order valence-corrected chi connectivity index (χ2v) is 2.77. The van der Waals surface area contributed by atoms with E-state index in [9.17, 15) is 0 Å². The van der Waals surface area contributed by atoms with Gasteiger partial charge < -0.3 is 5.32 Å². The van der Waals surface area contributed by atoms with Crippen molar-refractivity contribution in [2.45, 2.75) is 13.8 Å². The summed E-state index contributed by atoms with van der Waals surface area (Å²) in [6.07, 6.45) is 1.78. The number of pyridine rings is 1. The molecule has 0 amide bonds. The highest BCUT2D eigenvalue weighted by atomic mass is 14.8. The van der Waals surface area contributed by atoms with Crippen molar-refractivity contribution in [1.29, 1.82) is 0 Å². The van der Waals surface area contributed by atoms with E-state index in [1.165, 1.54) is 0 Å². The maximum Gasteiger partial charge on any atom is 0.0580 e. The molecular formula is C11H14N2. The van der Waals surface area contributed by atoms with Crippen LogP contribution >= 0.6 is 0 Å². The minimum atomic E-state index is 0.748. The summed E-state index contributed by atoms with van der Waals surface area (Å²) in [5.41, 5.74) is 2.04. The molecule has 0 bridgehead atoms. The van der Waals surface area contributed by atoms with Crippen LogP contribution in [0.3, 0.4) is 0 Å². The van der Waals surface area contributed by atoms with Gasteiger partial charge in [0.25, 0.3) is 0 Å². The van der Waals surface area contributed by atoms with Gasteiger partial charge in [-0.05, 0) is 25.6 Å². The van der Waals surface area contributed by atoms with E-state index in [1.807, 2.05) is 19.1 Å². The van der Waals surface area contributed by atoms with E-state index in [2.05, 4.69) is 29.1 Å².